The van der Waals surface area contributed by atoms with E-state index < -0.39 is 0 Å². The van der Waals surface area contributed by atoms with Crippen molar-refractivity contribution in [2.24, 2.45) is 0 Å². The maximum atomic E-state index is 13.0. The number of halogens is 1. The number of rotatable bonds is 1. The molecule has 2 aromatic rings. The van der Waals surface area contributed by atoms with E-state index in [0.717, 1.165) is 0 Å². The van der Waals surface area contributed by atoms with Gasteiger partial charge >= 0.3 is 0 Å². The number of hydrogen-bond acceptors (Lipinski definition) is 4. The molecule has 76 valence electrons. The van der Waals surface area contributed by atoms with Crippen LogP contribution in [0, 0.1) is 5.82 Å². The summed E-state index contributed by atoms with van der Waals surface area (Å²) in [6, 6.07) is 7.62. The second-order valence-corrected chi connectivity index (χ2v) is 3.08. The van der Waals surface area contributed by atoms with Gasteiger partial charge in [0.15, 0.2) is 5.82 Å². The summed E-state index contributed by atoms with van der Waals surface area (Å²) < 4.78 is 13.0. The van der Waals surface area contributed by atoms with E-state index >= 15 is 0 Å². The summed E-state index contributed by atoms with van der Waals surface area (Å²) in [5, 5.41) is 7.26. The molecule has 1 heterocycles. The Kier molecular flexibility index (Phi) is 2.21. The average Bonchev–Trinajstić information content (AvgIpc) is 2.22. The molecule has 0 aliphatic rings. The first-order chi connectivity index (χ1) is 7.16. The molecule has 5 heteroatoms. The van der Waals surface area contributed by atoms with Crippen molar-refractivity contribution in [3.63, 3.8) is 0 Å². The third kappa shape index (κ3) is 1.85. The molecule has 1 aromatic carbocycles. The first kappa shape index (κ1) is 9.39. The molecule has 2 rings (SSSR count). The van der Waals surface area contributed by atoms with E-state index in [1.807, 2.05) is 0 Å². The smallest absolute Gasteiger partial charge is 0.154 e. The van der Waals surface area contributed by atoms with Gasteiger partial charge in [-0.2, -0.15) is 0 Å². The van der Waals surface area contributed by atoms with Gasteiger partial charge in [0.2, 0.25) is 0 Å². The number of nitrogens with zero attached hydrogens (tertiary/aromatic N) is 2. The quantitative estimate of drug-likeness (QED) is 0.736. The minimum absolute atomic E-state index is 0.231. The molecule has 4 N–H and O–H groups in total. The third-order valence-electron chi connectivity index (χ3n) is 1.98. The number of nitrogens with two attached hydrogens (primary N) is 2. The Bertz CT molecular complexity index is 499. The molecule has 0 unspecified atom stereocenters. The van der Waals surface area contributed by atoms with Gasteiger partial charge in [0.05, 0.1) is 0 Å². The maximum Gasteiger partial charge on any atom is 0.154 e. The van der Waals surface area contributed by atoms with E-state index in [9.17, 15) is 4.39 Å². The van der Waals surface area contributed by atoms with Crippen molar-refractivity contribution in [3.05, 3.63) is 36.1 Å². The van der Waals surface area contributed by atoms with Crippen molar-refractivity contribution in [1.29, 1.82) is 0 Å². The number of anilines is 2. The van der Waals surface area contributed by atoms with E-state index in [0.29, 0.717) is 11.1 Å². The third-order valence-corrected chi connectivity index (χ3v) is 1.98. The molecule has 4 nitrogen and oxygen atoms in total. The first-order valence-electron chi connectivity index (χ1n) is 4.31. The van der Waals surface area contributed by atoms with Crippen molar-refractivity contribution in [1.82, 2.24) is 10.2 Å². The Labute approximate surface area is 85.7 Å². The zero-order valence-corrected chi connectivity index (χ0v) is 7.81. The predicted octanol–water partition coefficient (Wildman–Crippen LogP) is 1.45. The summed E-state index contributed by atoms with van der Waals surface area (Å²) >= 11 is 0. The van der Waals surface area contributed by atoms with Gasteiger partial charge in [0.1, 0.15) is 11.6 Å². The van der Waals surface area contributed by atoms with E-state index in [-0.39, 0.29) is 17.5 Å². The maximum absolute atomic E-state index is 13.0. The summed E-state index contributed by atoms with van der Waals surface area (Å²) in [6.07, 6.45) is 0. The van der Waals surface area contributed by atoms with Crippen molar-refractivity contribution in [3.8, 4) is 11.1 Å². The number of benzene rings is 1. The second kappa shape index (κ2) is 3.53. The van der Waals surface area contributed by atoms with Gasteiger partial charge in [-0.25, -0.2) is 4.39 Å². The van der Waals surface area contributed by atoms with Crippen LogP contribution in [0.4, 0.5) is 16.0 Å². The van der Waals surface area contributed by atoms with Crippen molar-refractivity contribution >= 4 is 11.6 Å². The number of nitrogen functional groups attached to an aromatic ring is 2. The SMILES string of the molecule is Nc1cc(-c2cccc(F)c2)c(N)nn1. The molecule has 0 fully saturated rings. The van der Waals surface area contributed by atoms with Crippen LogP contribution in [0.25, 0.3) is 11.1 Å². The Morgan fingerprint density at radius 1 is 1.07 bits per heavy atom. The highest BCUT2D eigenvalue weighted by Gasteiger charge is 2.05. The molecule has 0 bridgehead atoms. The second-order valence-electron chi connectivity index (χ2n) is 3.08. The lowest BCUT2D eigenvalue weighted by Crippen LogP contribution is -2.00. The topological polar surface area (TPSA) is 77.8 Å². The summed E-state index contributed by atoms with van der Waals surface area (Å²) in [4.78, 5) is 0. The molecule has 0 saturated heterocycles. The average molecular weight is 204 g/mol. The van der Waals surface area contributed by atoms with Crippen LogP contribution in [0.2, 0.25) is 0 Å². The van der Waals surface area contributed by atoms with Crippen LogP contribution in [0.15, 0.2) is 30.3 Å². The lowest BCUT2D eigenvalue weighted by atomic mass is 10.1. The van der Waals surface area contributed by atoms with E-state index in [1.165, 1.54) is 12.1 Å². The first-order valence-corrected chi connectivity index (χ1v) is 4.31. The van der Waals surface area contributed by atoms with Gasteiger partial charge in [-0.15, -0.1) is 10.2 Å². The number of hydrogen-bond donors (Lipinski definition) is 2. The Morgan fingerprint density at radius 3 is 2.60 bits per heavy atom. The molecule has 0 saturated carbocycles. The summed E-state index contributed by atoms with van der Waals surface area (Å²) in [6.45, 7) is 0. The van der Waals surface area contributed by atoms with Gasteiger partial charge in [0.25, 0.3) is 0 Å². The zero-order valence-electron chi connectivity index (χ0n) is 7.81. The highest BCUT2D eigenvalue weighted by Crippen LogP contribution is 2.25. The molecule has 0 atom stereocenters. The van der Waals surface area contributed by atoms with Crippen LogP contribution in [0.5, 0.6) is 0 Å². The molecule has 0 spiro atoms. The zero-order chi connectivity index (χ0) is 10.8. The molecule has 0 radical (unpaired) electrons. The summed E-state index contributed by atoms with van der Waals surface area (Å²) in [5.74, 6) is 0.153. The number of aromatic nitrogens is 2. The molecule has 0 aliphatic heterocycles. The molecule has 0 amide bonds. The van der Waals surface area contributed by atoms with Crippen LogP contribution >= 0.6 is 0 Å². The predicted molar refractivity (Wildman–Crippen MR) is 56.3 cm³/mol. The fraction of sp³-hybridized carbons (Fsp3) is 0. The highest BCUT2D eigenvalue weighted by molar-refractivity contribution is 5.75. The Morgan fingerprint density at radius 2 is 1.87 bits per heavy atom. The molecule has 0 aliphatic carbocycles. The standard InChI is InChI=1S/C10H9FN4/c11-7-3-1-2-6(4-7)8-5-9(12)14-15-10(8)13/h1-5H,(H2,12,14)(H2,13,15). The fourth-order valence-corrected chi connectivity index (χ4v) is 1.30. The summed E-state index contributed by atoms with van der Waals surface area (Å²) in [5.41, 5.74) is 12.3. The van der Waals surface area contributed by atoms with Crippen molar-refractivity contribution in [2.45, 2.75) is 0 Å². The van der Waals surface area contributed by atoms with Crippen LogP contribution < -0.4 is 11.5 Å². The Hall–Kier alpha value is -2.17. The van der Waals surface area contributed by atoms with Gasteiger partial charge in [-0.3, -0.25) is 0 Å². The fourth-order valence-electron chi connectivity index (χ4n) is 1.30. The molecule has 1 aromatic heterocycles. The molecule has 15 heavy (non-hydrogen) atoms. The largest absolute Gasteiger partial charge is 0.382 e. The lowest BCUT2D eigenvalue weighted by molar-refractivity contribution is 0.628. The van der Waals surface area contributed by atoms with Crippen LogP contribution in [0.3, 0.4) is 0 Å². The van der Waals surface area contributed by atoms with E-state index in [1.54, 1.807) is 18.2 Å². The van der Waals surface area contributed by atoms with Gasteiger partial charge in [-0.1, -0.05) is 12.1 Å². The summed E-state index contributed by atoms with van der Waals surface area (Å²) in [7, 11) is 0. The normalized spacial score (nSPS) is 10.2. The van der Waals surface area contributed by atoms with E-state index in [2.05, 4.69) is 10.2 Å². The van der Waals surface area contributed by atoms with Crippen LogP contribution in [-0.2, 0) is 0 Å². The van der Waals surface area contributed by atoms with Gasteiger partial charge in [-0.05, 0) is 23.8 Å². The Balaban J connectivity index is 2.58. The minimum Gasteiger partial charge on any atom is -0.382 e. The highest BCUT2D eigenvalue weighted by atomic mass is 19.1. The van der Waals surface area contributed by atoms with Crippen LogP contribution in [-0.4, -0.2) is 10.2 Å². The minimum atomic E-state index is -0.331. The van der Waals surface area contributed by atoms with Crippen LogP contribution in [0.1, 0.15) is 0 Å². The van der Waals surface area contributed by atoms with Gasteiger partial charge in [0, 0.05) is 5.56 Å². The lowest BCUT2D eigenvalue weighted by Gasteiger charge is -2.04. The van der Waals surface area contributed by atoms with Gasteiger partial charge < -0.3 is 11.5 Å². The molecular formula is C10H9FN4. The molecular weight excluding hydrogens is 195 g/mol. The van der Waals surface area contributed by atoms with Crippen molar-refractivity contribution < 1.29 is 4.39 Å². The van der Waals surface area contributed by atoms with E-state index in [4.69, 9.17) is 11.5 Å². The monoisotopic (exact) mass is 204 g/mol. The van der Waals surface area contributed by atoms with Crippen molar-refractivity contribution in [2.75, 3.05) is 11.5 Å².